The molecule has 5 nitrogen and oxygen atoms in total. The van der Waals surface area contributed by atoms with Gasteiger partial charge in [-0.15, -0.1) is 0 Å². The van der Waals surface area contributed by atoms with Crippen LogP contribution in [-0.2, 0) is 17.8 Å². The Bertz CT molecular complexity index is 366. The molecule has 14 heavy (non-hydrogen) atoms. The Morgan fingerprint density at radius 3 is 3.21 bits per heavy atom. The lowest BCUT2D eigenvalue weighted by molar-refractivity contribution is -0.120. The lowest BCUT2D eigenvalue weighted by atomic mass is 10.0. The molecule has 0 saturated heterocycles. The summed E-state index contributed by atoms with van der Waals surface area (Å²) in [6.07, 6.45) is 3.40. The van der Waals surface area contributed by atoms with Crippen LogP contribution in [0, 0.1) is 0 Å². The van der Waals surface area contributed by atoms with Crippen LogP contribution in [0.4, 0.5) is 5.95 Å². The van der Waals surface area contributed by atoms with Crippen molar-refractivity contribution in [2.75, 3.05) is 5.73 Å². The maximum Gasteiger partial charge on any atom is 0.220 e. The first kappa shape index (κ1) is 8.93. The molecular formula is C9H12N4O. The maximum atomic E-state index is 10.7. The van der Waals surface area contributed by atoms with Crippen LogP contribution in [0.3, 0.4) is 0 Å². The fraction of sp³-hybridized carbons (Fsp3) is 0.444. The van der Waals surface area contributed by atoms with E-state index < -0.39 is 0 Å². The lowest BCUT2D eigenvalue weighted by Gasteiger charge is -2.30. The summed E-state index contributed by atoms with van der Waals surface area (Å²) in [6, 6.07) is 0.215. The molecule has 1 aromatic rings. The first-order valence-electron chi connectivity index (χ1n) is 4.52. The highest BCUT2D eigenvalue weighted by Crippen LogP contribution is 2.19. The quantitative estimate of drug-likeness (QED) is 0.634. The summed E-state index contributed by atoms with van der Waals surface area (Å²) in [5.74, 6) is 0.268. The van der Waals surface area contributed by atoms with Gasteiger partial charge < -0.3 is 10.6 Å². The van der Waals surface area contributed by atoms with Crippen molar-refractivity contribution in [2.45, 2.75) is 25.9 Å². The van der Waals surface area contributed by atoms with Crippen molar-refractivity contribution in [3.05, 3.63) is 17.5 Å². The highest BCUT2D eigenvalue weighted by atomic mass is 16.1. The van der Waals surface area contributed by atoms with E-state index in [4.69, 9.17) is 5.73 Å². The Labute approximate surface area is 82.0 Å². The summed E-state index contributed by atoms with van der Waals surface area (Å²) in [5.41, 5.74) is 7.43. The number of fused-ring (bicyclic) bond motifs is 1. The standard InChI is InChI=1S/C9H12N4O/c1-6-2-7-3-11-9(10)12-8(7)4-13(6)5-14/h3,5-6H,2,4H2,1H3,(H2,10,11,12)/t6-/m1/s1. The molecule has 2 N–H and O–H groups in total. The minimum absolute atomic E-state index is 0.215. The summed E-state index contributed by atoms with van der Waals surface area (Å²) < 4.78 is 0. The highest BCUT2D eigenvalue weighted by Gasteiger charge is 2.22. The molecule has 0 fully saturated rings. The third kappa shape index (κ3) is 1.41. The molecule has 2 rings (SSSR count). The normalized spacial score (nSPS) is 20.4. The first-order chi connectivity index (χ1) is 6.70. The van der Waals surface area contributed by atoms with E-state index in [-0.39, 0.29) is 12.0 Å². The molecule has 0 saturated carbocycles. The van der Waals surface area contributed by atoms with E-state index in [1.54, 1.807) is 11.1 Å². The van der Waals surface area contributed by atoms with Crippen LogP contribution in [0.2, 0.25) is 0 Å². The van der Waals surface area contributed by atoms with Gasteiger partial charge in [-0.05, 0) is 18.9 Å². The number of amides is 1. The smallest absolute Gasteiger partial charge is 0.220 e. The molecule has 0 unspecified atom stereocenters. The van der Waals surface area contributed by atoms with E-state index >= 15 is 0 Å². The van der Waals surface area contributed by atoms with E-state index in [0.717, 1.165) is 24.1 Å². The van der Waals surface area contributed by atoms with Gasteiger partial charge in [0, 0.05) is 12.2 Å². The van der Waals surface area contributed by atoms with Gasteiger partial charge in [0.2, 0.25) is 12.4 Å². The Hall–Kier alpha value is -1.65. The number of nitrogen functional groups attached to an aromatic ring is 1. The molecule has 1 aliphatic heterocycles. The Balaban J connectivity index is 2.35. The number of nitrogens with two attached hydrogens (primary N) is 1. The van der Waals surface area contributed by atoms with Crippen LogP contribution in [-0.4, -0.2) is 27.3 Å². The van der Waals surface area contributed by atoms with Gasteiger partial charge >= 0.3 is 0 Å². The molecular weight excluding hydrogens is 180 g/mol. The Morgan fingerprint density at radius 2 is 2.50 bits per heavy atom. The number of hydrogen-bond acceptors (Lipinski definition) is 4. The molecule has 0 aliphatic carbocycles. The van der Waals surface area contributed by atoms with Crippen molar-refractivity contribution in [3.63, 3.8) is 0 Å². The number of carbonyl (C=O) groups is 1. The van der Waals surface area contributed by atoms with Gasteiger partial charge in [-0.2, -0.15) is 0 Å². The van der Waals surface area contributed by atoms with Gasteiger partial charge in [0.1, 0.15) is 0 Å². The van der Waals surface area contributed by atoms with Gasteiger partial charge in [-0.1, -0.05) is 0 Å². The lowest BCUT2D eigenvalue weighted by Crippen LogP contribution is -2.37. The van der Waals surface area contributed by atoms with Crippen molar-refractivity contribution in [1.29, 1.82) is 0 Å². The van der Waals surface area contributed by atoms with Gasteiger partial charge in [0.05, 0.1) is 12.2 Å². The maximum absolute atomic E-state index is 10.7. The van der Waals surface area contributed by atoms with E-state index in [9.17, 15) is 4.79 Å². The molecule has 2 heterocycles. The van der Waals surface area contributed by atoms with Crippen LogP contribution >= 0.6 is 0 Å². The largest absolute Gasteiger partial charge is 0.368 e. The number of nitrogens with zero attached hydrogens (tertiary/aromatic N) is 3. The zero-order valence-electron chi connectivity index (χ0n) is 7.97. The van der Waals surface area contributed by atoms with Crippen LogP contribution in [0.25, 0.3) is 0 Å². The van der Waals surface area contributed by atoms with Gasteiger partial charge in [-0.25, -0.2) is 9.97 Å². The van der Waals surface area contributed by atoms with E-state index in [1.165, 1.54) is 0 Å². The third-order valence-corrected chi connectivity index (χ3v) is 2.52. The minimum atomic E-state index is 0.215. The molecule has 1 atom stereocenters. The zero-order valence-corrected chi connectivity index (χ0v) is 7.97. The summed E-state index contributed by atoms with van der Waals surface area (Å²) in [4.78, 5) is 20.5. The fourth-order valence-corrected chi connectivity index (χ4v) is 1.67. The summed E-state index contributed by atoms with van der Waals surface area (Å²) in [6.45, 7) is 2.54. The molecule has 1 amide bonds. The van der Waals surface area contributed by atoms with Gasteiger partial charge in [0.15, 0.2) is 0 Å². The monoisotopic (exact) mass is 192 g/mol. The predicted molar refractivity (Wildman–Crippen MR) is 51.2 cm³/mol. The number of anilines is 1. The molecule has 0 aromatic carbocycles. The molecule has 0 radical (unpaired) electrons. The van der Waals surface area contributed by atoms with E-state index in [1.807, 2.05) is 6.92 Å². The predicted octanol–water partition coefficient (Wildman–Crippen LogP) is -0.0382. The topological polar surface area (TPSA) is 72.1 Å². The fourth-order valence-electron chi connectivity index (χ4n) is 1.67. The minimum Gasteiger partial charge on any atom is -0.368 e. The molecule has 0 spiro atoms. The Kier molecular flexibility index (Phi) is 2.07. The average molecular weight is 192 g/mol. The van der Waals surface area contributed by atoms with Crippen LogP contribution < -0.4 is 5.73 Å². The second kappa shape index (κ2) is 3.25. The van der Waals surface area contributed by atoms with Gasteiger partial charge in [-0.3, -0.25) is 4.79 Å². The van der Waals surface area contributed by atoms with Gasteiger partial charge in [0.25, 0.3) is 0 Å². The van der Waals surface area contributed by atoms with E-state index in [0.29, 0.717) is 6.54 Å². The molecule has 5 heteroatoms. The molecule has 0 bridgehead atoms. The third-order valence-electron chi connectivity index (χ3n) is 2.52. The average Bonchev–Trinajstić information content (AvgIpc) is 2.17. The van der Waals surface area contributed by atoms with Crippen LogP contribution in [0.1, 0.15) is 18.2 Å². The van der Waals surface area contributed by atoms with E-state index in [2.05, 4.69) is 9.97 Å². The van der Waals surface area contributed by atoms with Crippen molar-refractivity contribution in [3.8, 4) is 0 Å². The van der Waals surface area contributed by atoms with Crippen molar-refractivity contribution < 1.29 is 4.79 Å². The molecule has 1 aliphatic rings. The number of hydrogen-bond donors (Lipinski definition) is 1. The summed E-state index contributed by atoms with van der Waals surface area (Å²) in [5, 5.41) is 0. The van der Waals surface area contributed by atoms with Crippen LogP contribution in [0.5, 0.6) is 0 Å². The second-order valence-electron chi connectivity index (χ2n) is 3.53. The number of rotatable bonds is 1. The number of carbonyl (C=O) groups excluding carboxylic acids is 1. The van der Waals surface area contributed by atoms with Crippen molar-refractivity contribution in [2.24, 2.45) is 0 Å². The van der Waals surface area contributed by atoms with Crippen LogP contribution in [0.15, 0.2) is 6.20 Å². The summed E-state index contributed by atoms with van der Waals surface area (Å²) >= 11 is 0. The Morgan fingerprint density at radius 1 is 1.71 bits per heavy atom. The van der Waals surface area contributed by atoms with Crippen molar-refractivity contribution in [1.82, 2.24) is 14.9 Å². The summed E-state index contributed by atoms with van der Waals surface area (Å²) in [7, 11) is 0. The second-order valence-corrected chi connectivity index (χ2v) is 3.53. The number of aromatic nitrogens is 2. The highest BCUT2D eigenvalue weighted by molar-refractivity contribution is 5.49. The zero-order chi connectivity index (χ0) is 10.1. The van der Waals surface area contributed by atoms with Crippen molar-refractivity contribution >= 4 is 12.4 Å². The molecule has 74 valence electrons. The SMILES string of the molecule is C[C@@H]1Cc2cnc(N)nc2CN1C=O. The first-order valence-corrected chi connectivity index (χ1v) is 4.52. The molecule has 1 aromatic heterocycles.